The Labute approximate surface area is 104 Å². The van der Waals surface area contributed by atoms with Crippen LogP contribution in [0.1, 0.15) is 11.1 Å². The fraction of sp³-hybridized carbons (Fsp3) is 0.375. The number of ether oxygens (including phenoxy) is 1. The van der Waals surface area contributed by atoms with E-state index in [0.717, 1.165) is 0 Å². The molecule has 10 heteroatoms. The second-order valence-corrected chi connectivity index (χ2v) is 3.60. The summed E-state index contributed by atoms with van der Waals surface area (Å²) in [5.74, 6) is -1.67. The molecule has 18 heavy (non-hydrogen) atoms. The van der Waals surface area contributed by atoms with Crippen molar-refractivity contribution in [2.24, 2.45) is 0 Å². The van der Waals surface area contributed by atoms with Crippen LogP contribution in [0.5, 0.6) is 5.88 Å². The van der Waals surface area contributed by atoms with E-state index in [4.69, 9.17) is 0 Å². The van der Waals surface area contributed by atoms with Gasteiger partial charge in [-0.2, -0.15) is 13.2 Å². The van der Waals surface area contributed by atoms with Crippen molar-refractivity contribution in [1.82, 2.24) is 4.98 Å². The van der Waals surface area contributed by atoms with Crippen LogP contribution < -0.4 is 10.3 Å². The fourth-order valence-electron chi connectivity index (χ4n) is 1.20. The lowest BCUT2D eigenvalue weighted by atomic mass is 10.1. The largest absolute Gasteiger partial charge is 0.574 e. The van der Waals surface area contributed by atoms with E-state index in [0.29, 0.717) is 6.07 Å². The normalized spacial score (nSPS) is 12.6. The van der Waals surface area contributed by atoms with Crippen molar-refractivity contribution < 1.29 is 31.1 Å². The molecule has 0 spiro atoms. The van der Waals surface area contributed by atoms with Gasteiger partial charge in [0.1, 0.15) is 5.56 Å². The maximum atomic E-state index is 12.6. The van der Waals surface area contributed by atoms with Gasteiger partial charge in [0.25, 0.3) is 5.56 Å². The Morgan fingerprint density at radius 2 is 1.78 bits per heavy atom. The third kappa shape index (κ3) is 3.65. The number of aromatic nitrogens is 1. The van der Waals surface area contributed by atoms with Crippen LogP contribution in [0.2, 0.25) is 0 Å². The maximum Gasteiger partial charge on any atom is 0.574 e. The lowest BCUT2D eigenvalue weighted by Gasteiger charge is -2.16. The Hall–Kier alpha value is -1.19. The Balaban J connectivity index is 3.48. The van der Waals surface area contributed by atoms with E-state index in [1.54, 1.807) is 0 Å². The molecule has 0 amide bonds. The van der Waals surface area contributed by atoms with Crippen molar-refractivity contribution >= 4 is 15.9 Å². The highest BCUT2D eigenvalue weighted by Gasteiger charge is 2.42. The molecule has 0 radical (unpaired) electrons. The van der Waals surface area contributed by atoms with Gasteiger partial charge >= 0.3 is 12.5 Å². The molecule has 0 unspecified atom stereocenters. The molecule has 0 saturated heterocycles. The van der Waals surface area contributed by atoms with Crippen molar-refractivity contribution in [3.63, 3.8) is 0 Å². The zero-order valence-electron chi connectivity index (χ0n) is 8.25. The number of alkyl halides is 7. The molecular weight excluding hydrogens is 336 g/mol. The molecule has 0 aliphatic heterocycles. The van der Waals surface area contributed by atoms with Crippen LogP contribution in [-0.4, -0.2) is 11.3 Å². The zero-order chi connectivity index (χ0) is 14.1. The lowest BCUT2D eigenvalue weighted by Crippen LogP contribution is -2.25. The number of rotatable bonds is 2. The number of hydrogen-bond acceptors (Lipinski definition) is 2. The summed E-state index contributed by atoms with van der Waals surface area (Å²) in [7, 11) is 0. The van der Waals surface area contributed by atoms with Crippen LogP contribution in [0.25, 0.3) is 0 Å². The Kier molecular flexibility index (Phi) is 3.99. The van der Waals surface area contributed by atoms with Crippen molar-refractivity contribution in [1.29, 1.82) is 0 Å². The highest BCUT2D eigenvalue weighted by Crippen LogP contribution is 2.39. The quantitative estimate of drug-likeness (QED) is 0.664. The smallest absolute Gasteiger partial charge is 0.389 e. The number of hydrogen-bond donors (Lipinski definition) is 1. The van der Waals surface area contributed by atoms with Gasteiger partial charge in [0.05, 0.1) is 0 Å². The van der Waals surface area contributed by atoms with Gasteiger partial charge < -0.3 is 4.74 Å². The van der Waals surface area contributed by atoms with Crippen LogP contribution in [0.4, 0.5) is 26.3 Å². The second kappa shape index (κ2) is 4.82. The van der Waals surface area contributed by atoms with E-state index in [9.17, 15) is 31.1 Å². The number of nitrogens with one attached hydrogen (secondary N) is 1. The Morgan fingerprint density at radius 1 is 1.22 bits per heavy atom. The van der Waals surface area contributed by atoms with E-state index >= 15 is 0 Å². The molecule has 0 aliphatic rings. The fourth-order valence-corrected chi connectivity index (χ4v) is 1.64. The van der Waals surface area contributed by atoms with Crippen LogP contribution >= 0.6 is 15.9 Å². The first-order valence-electron chi connectivity index (χ1n) is 4.19. The average molecular weight is 340 g/mol. The molecule has 1 heterocycles. The first-order chi connectivity index (χ1) is 8.04. The minimum absolute atomic E-state index is 0.444. The zero-order valence-corrected chi connectivity index (χ0v) is 9.83. The summed E-state index contributed by atoms with van der Waals surface area (Å²) >= 11 is 2.66. The van der Waals surface area contributed by atoms with Gasteiger partial charge in [-0.1, -0.05) is 15.9 Å². The minimum Gasteiger partial charge on any atom is -0.389 e. The summed E-state index contributed by atoms with van der Waals surface area (Å²) in [6.45, 7) is 0. The summed E-state index contributed by atoms with van der Waals surface area (Å²) in [6.07, 6.45) is -10.4. The first kappa shape index (κ1) is 14.9. The van der Waals surface area contributed by atoms with Gasteiger partial charge in [-0.3, -0.25) is 9.78 Å². The first-order valence-corrected chi connectivity index (χ1v) is 5.32. The molecule has 102 valence electrons. The summed E-state index contributed by atoms with van der Waals surface area (Å²) in [6, 6.07) is 0.542. The van der Waals surface area contributed by atoms with Crippen LogP contribution in [-0.2, 0) is 11.5 Å². The van der Waals surface area contributed by atoms with Crippen LogP contribution in [0.3, 0.4) is 0 Å². The number of pyridine rings is 1. The lowest BCUT2D eigenvalue weighted by molar-refractivity contribution is -0.278. The molecule has 3 nitrogen and oxygen atoms in total. The molecule has 0 saturated carbocycles. The highest BCUT2D eigenvalue weighted by molar-refractivity contribution is 9.08. The van der Waals surface area contributed by atoms with Gasteiger partial charge in [0.15, 0.2) is 0 Å². The molecule has 1 aromatic rings. The summed E-state index contributed by atoms with van der Waals surface area (Å²) in [5, 5.41) is -0.444. The van der Waals surface area contributed by atoms with E-state index in [2.05, 4.69) is 20.7 Å². The molecule has 0 fully saturated rings. The summed E-state index contributed by atoms with van der Waals surface area (Å²) in [4.78, 5) is 12.3. The number of halogens is 7. The molecule has 0 bridgehead atoms. The third-order valence-electron chi connectivity index (χ3n) is 1.74. The molecular formula is C8H4BrF6NO2. The predicted molar refractivity (Wildman–Crippen MR) is 51.4 cm³/mol. The monoisotopic (exact) mass is 339 g/mol. The molecule has 0 aliphatic carbocycles. The predicted octanol–water partition coefficient (Wildman–Crippen LogP) is 3.19. The van der Waals surface area contributed by atoms with E-state index < -0.39 is 40.4 Å². The van der Waals surface area contributed by atoms with Gasteiger partial charge in [0.2, 0.25) is 5.88 Å². The number of aromatic amines is 1. The van der Waals surface area contributed by atoms with Crippen molar-refractivity contribution in [3.05, 3.63) is 27.5 Å². The highest BCUT2D eigenvalue weighted by atomic mass is 79.9. The van der Waals surface area contributed by atoms with Crippen LogP contribution in [0, 0.1) is 0 Å². The van der Waals surface area contributed by atoms with Crippen molar-refractivity contribution in [3.8, 4) is 5.88 Å². The second-order valence-electron chi connectivity index (χ2n) is 3.04. The Bertz CT molecular complexity index is 492. The topological polar surface area (TPSA) is 42.1 Å². The Morgan fingerprint density at radius 3 is 2.17 bits per heavy atom. The van der Waals surface area contributed by atoms with Gasteiger partial charge in [-0.15, -0.1) is 13.2 Å². The SMILES string of the molecule is O=c1cc(CBr)c(C(F)(F)F)c(OC(F)(F)F)[nH]1. The molecule has 1 rings (SSSR count). The molecule has 1 N–H and O–H groups in total. The molecule has 0 atom stereocenters. The van der Waals surface area contributed by atoms with Crippen LogP contribution in [0.15, 0.2) is 10.9 Å². The van der Waals surface area contributed by atoms with Gasteiger partial charge in [-0.25, -0.2) is 0 Å². The standard InChI is InChI=1S/C8H4BrF6NO2/c9-2-3-1-4(17)16-6(18-8(13,14)15)5(3)7(10,11)12/h1H,2H2,(H,16,17). The van der Waals surface area contributed by atoms with Crippen molar-refractivity contribution in [2.45, 2.75) is 17.9 Å². The van der Waals surface area contributed by atoms with E-state index in [1.165, 1.54) is 4.98 Å². The van der Waals surface area contributed by atoms with Gasteiger partial charge in [0, 0.05) is 11.4 Å². The minimum atomic E-state index is -5.34. The average Bonchev–Trinajstić information content (AvgIpc) is 2.11. The van der Waals surface area contributed by atoms with E-state index in [1.807, 2.05) is 0 Å². The molecule has 0 aromatic carbocycles. The molecule has 1 aromatic heterocycles. The van der Waals surface area contributed by atoms with Crippen molar-refractivity contribution in [2.75, 3.05) is 0 Å². The van der Waals surface area contributed by atoms with E-state index in [-0.39, 0.29) is 0 Å². The summed E-state index contributed by atoms with van der Waals surface area (Å²) < 4.78 is 76.9. The third-order valence-corrected chi connectivity index (χ3v) is 2.34. The van der Waals surface area contributed by atoms with Gasteiger partial charge in [-0.05, 0) is 5.56 Å². The maximum absolute atomic E-state index is 12.6. The number of H-pyrrole nitrogens is 1. The summed E-state index contributed by atoms with van der Waals surface area (Å²) in [5.41, 5.74) is -3.45.